The highest BCUT2D eigenvalue weighted by molar-refractivity contribution is 5.98. The number of hydrogen-bond acceptors (Lipinski definition) is 2. The van der Waals surface area contributed by atoms with Crippen LogP contribution in [0.15, 0.2) is 54.6 Å². The quantitative estimate of drug-likeness (QED) is 0.725. The maximum atomic E-state index is 11.0. The van der Waals surface area contributed by atoms with Crippen molar-refractivity contribution in [3.8, 4) is 5.75 Å². The van der Waals surface area contributed by atoms with Crippen molar-refractivity contribution >= 4 is 5.91 Å². The van der Waals surface area contributed by atoms with E-state index in [1.54, 1.807) is 24.3 Å². The fourth-order valence-electron chi connectivity index (χ4n) is 1.59. The van der Waals surface area contributed by atoms with Gasteiger partial charge in [0.2, 0.25) is 0 Å². The van der Waals surface area contributed by atoms with Crippen molar-refractivity contribution in [1.29, 1.82) is 0 Å². The standard InChI is InChI=1S/C8H7NO.C6H6O/c10-8-7-4-2-1-3-6(7)5-9-8;7-6-4-2-1-3-5-6/h1-4H,5H2,(H,9,10);1-5,7H. The molecule has 0 fully saturated rings. The molecular weight excluding hydrogens is 214 g/mol. The van der Waals surface area contributed by atoms with E-state index in [2.05, 4.69) is 5.32 Å². The second kappa shape index (κ2) is 5.16. The predicted octanol–water partition coefficient (Wildman–Crippen LogP) is 2.32. The molecule has 0 aliphatic carbocycles. The van der Waals surface area contributed by atoms with Gasteiger partial charge in [-0.2, -0.15) is 0 Å². The van der Waals surface area contributed by atoms with Crippen LogP contribution in [0.1, 0.15) is 15.9 Å². The molecule has 0 atom stereocenters. The molecule has 0 radical (unpaired) electrons. The highest BCUT2D eigenvalue weighted by Gasteiger charge is 2.16. The van der Waals surface area contributed by atoms with Crippen molar-refractivity contribution < 1.29 is 9.90 Å². The Labute approximate surface area is 99.7 Å². The zero-order valence-corrected chi connectivity index (χ0v) is 9.26. The van der Waals surface area contributed by atoms with E-state index in [1.165, 1.54) is 0 Å². The highest BCUT2D eigenvalue weighted by Crippen LogP contribution is 2.13. The van der Waals surface area contributed by atoms with Gasteiger partial charge >= 0.3 is 0 Å². The summed E-state index contributed by atoms with van der Waals surface area (Å²) in [5, 5.41) is 11.4. The number of hydrogen-bond donors (Lipinski definition) is 2. The number of aromatic hydroxyl groups is 1. The molecule has 1 amide bonds. The summed E-state index contributed by atoms with van der Waals surface area (Å²) in [5.41, 5.74) is 1.93. The second-order valence-corrected chi connectivity index (χ2v) is 3.68. The van der Waals surface area contributed by atoms with Crippen LogP contribution in [-0.2, 0) is 6.54 Å². The number of phenolic OH excluding ortho intramolecular Hbond substituents is 1. The molecule has 3 rings (SSSR count). The number of fused-ring (bicyclic) bond motifs is 1. The van der Waals surface area contributed by atoms with Gasteiger partial charge in [-0.1, -0.05) is 36.4 Å². The fraction of sp³-hybridized carbons (Fsp3) is 0.0714. The molecule has 0 spiro atoms. The minimum absolute atomic E-state index is 0.0515. The summed E-state index contributed by atoms with van der Waals surface area (Å²) < 4.78 is 0. The third-order valence-corrected chi connectivity index (χ3v) is 2.46. The Morgan fingerprint density at radius 3 is 2.18 bits per heavy atom. The van der Waals surface area contributed by atoms with Crippen molar-refractivity contribution in [3.63, 3.8) is 0 Å². The minimum Gasteiger partial charge on any atom is -0.508 e. The lowest BCUT2D eigenvalue weighted by Crippen LogP contribution is -2.12. The first-order valence-corrected chi connectivity index (χ1v) is 5.37. The fourth-order valence-corrected chi connectivity index (χ4v) is 1.59. The van der Waals surface area contributed by atoms with Crippen LogP contribution in [0.3, 0.4) is 0 Å². The Balaban J connectivity index is 0.000000136. The first kappa shape index (κ1) is 11.2. The van der Waals surface area contributed by atoms with Gasteiger partial charge < -0.3 is 10.4 Å². The Morgan fingerprint density at radius 1 is 0.941 bits per heavy atom. The summed E-state index contributed by atoms with van der Waals surface area (Å²) in [4.78, 5) is 11.0. The Kier molecular flexibility index (Phi) is 3.40. The van der Waals surface area contributed by atoms with Gasteiger partial charge in [-0.15, -0.1) is 0 Å². The molecule has 17 heavy (non-hydrogen) atoms. The molecule has 0 saturated heterocycles. The van der Waals surface area contributed by atoms with Gasteiger partial charge in [0.15, 0.2) is 0 Å². The molecule has 2 aromatic carbocycles. The third kappa shape index (κ3) is 2.84. The molecule has 1 aliphatic rings. The largest absolute Gasteiger partial charge is 0.508 e. The molecule has 0 unspecified atom stereocenters. The summed E-state index contributed by atoms with van der Waals surface area (Å²) in [5.74, 6) is 0.373. The van der Waals surface area contributed by atoms with Crippen molar-refractivity contribution in [1.82, 2.24) is 5.32 Å². The van der Waals surface area contributed by atoms with E-state index in [0.29, 0.717) is 12.3 Å². The third-order valence-electron chi connectivity index (χ3n) is 2.46. The first-order chi connectivity index (χ1) is 8.27. The zero-order valence-electron chi connectivity index (χ0n) is 9.26. The summed E-state index contributed by atoms with van der Waals surface area (Å²) >= 11 is 0. The van der Waals surface area contributed by atoms with Gasteiger partial charge in [-0.05, 0) is 23.8 Å². The number of amides is 1. The van der Waals surface area contributed by atoms with E-state index in [9.17, 15) is 4.79 Å². The molecule has 1 aliphatic heterocycles. The molecule has 0 saturated carbocycles. The maximum absolute atomic E-state index is 11.0. The molecule has 1 heterocycles. The SMILES string of the molecule is O=C1NCc2ccccc21.Oc1ccccc1. The number of para-hydroxylation sites is 1. The van der Waals surface area contributed by atoms with Gasteiger partial charge in [0.25, 0.3) is 5.91 Å². The van der Waals surface area contributed by atoms with Gasteiger partial charge in [0.1, 0.15) is 5.75 Å². The lowest BCUT2D eigenvalue weighted by Gasteiger charge is -1.89. The van der Waals surface area contributed by atoms with Crippen LogP contribution in [-0.4, -0.2) is 11.0 Å². The van der Waals surface area contributed by atoms with E-state index in [0.717, 1.165) is 11.1 Å². The Hall–Kier alpha value is -2.29. The van der Waals surface area contributed by atoms with Crippen LogP contribution in [0.4, 0.5) is 0 Å². The van der Waals surface area contributed by atoms with Crippen LogP contribution in [0.2, 0.25) is 0 Å². The van der Waals surface area contributed by atoms with Gasteiger partial charge in [0, 0.05) is 12.1 Å². The number of nitrogens with one attached hydrogen (secondary N) is 1. The number of phenols is 1. The van der Waals surface area contributed by atoms with Crippen LogP contribution in [0.5, 0.6) is 5.75 Å². The second-order valence-electron chi connectivity index (χ2n) is 3.68. The van der Waals surface area contributed by atoms with Crippen LogP contribution >= 0.6 is 0 Å². The molecule has 86 valence electrons. The normalized spacial score (nSPS) is 12.1. The van der Waals surface area contributed by atoms with E-state index >= 15 is 0 Å². The van der Waals surface area contributed by atoms with Crippen molar-refractivity contribution in [2.45, 2.75) is 6.54 Å². The molecule has 0 bridgehead atoms. The number of rotatable bonds is 0. The Bertz CT molecular complexity index is 509. The van der Waals surface area contributed by atoms with Crippen molar-refractivity contribution in [3.05, 3.63) is 65.7 Å². The van der Waals surface area contributed by atoms with Crippen LogP contribution in [0, 0.1) is 0 Å². The van der Waals surface area contributed by atoms with E-state index in [4.69, 9.17) is 5.11 Å². The molecule has 3 nitrogen and oxygen atoms in total. The van der Waals surface area contributed by atoms with E-state index < -0.39 is 0 Å². The molecule has 2 N–H and O–H groups in total. The smallest absolute Gasteiger partial charge is 0.251 e. The lowest BCUT2D eigenvalue weighted by molar-refractivity contribution is 0.0966. The van der Waals surface area contributed by atoms with Crippen molar-refractivity contribution in [2.24, 2.45) is 0 Å². The summed E-state index contributed by atoms with van der Waals surface area (Å²) in [6, 6.07) is 16.3. The Morgan fingerprint density at radius 2 is 1.59 bits per heavy atom. The summed E-state index contributed by atoms with van der Waals surface area (Å²) in [7, 11) is 0. The summed E-state index contributed by atoms with van der Waals surface area (Å²) in [6.07, 6.45) is 0. The molecule has 3 heteroatoms. The maximum Gasteiger partial charge on any atom is 0.251 e. The topological polar surface area (TPSA) is 49.3 Å². The summed E-state index contributed by atoms with van der Waals surface area (Å²) in [6.45, 7) is 0.689. The number of carbonyl (C=O) groups excluding carboxylic acids is 1. The predicted molar refractivity (Wildman–Crippen MR) is 65.7 cm³/mol. The van der Waals surface area contributed by atoms with Crippen molar-refractivity contribution in [2.75, 3.05) is 0 Å². The molecule has 2 aromatic rings. The first-order valence-electron chi connectivity index (χ1n) is 5.37. The van der Waals surface area contributed by atoms with Gasteiger partial charge in [-0.3, -0.25) is 4.79 Å². The number of benzene rings is 2. The molecule has 0 aromatic heterocycles. The van der Waals surface area contributed by atoms with E-state index in [1.807, 2.05) is 30.3 Å². The van der Waals surface area contributed by atoms with E-state index in [-0.39, 0.29) is 5.91 Å². The average molecular weight is 227 g/mol. The van der Waals surface area contributed by atoms with Crippen LogP contribution < -0.4 is 5.32 Å². The average Bonchev–Trinajstić information content (AvgIpc) is 2.74. The monoisotopic (exact) mass is 227 g/mol. The zero-order chi connectivity index (χ0) is 12.1. The van der Waals surface area contributed by atoms with Gasteiger partial charge in [-0.25, -0.2) is 0 Å². The highest BCUT2D eigenvalue weighted by atomic mass is 16.3. The molecular formula is C14H13NO2. The van der Waals surface area contributed by atoms with Gasteiger partial charge in [0.05, 0.1) is 0 Å². The minimum atomic E-state index is 0.0515. The number of carbonyl (C=O) groups is 1. The lowest BCUT2D eigenvalue weighted by atomic mass is 10.1. The van der Waals surface area contributed by atoms with Crippen LogP contribution in [0.25, 0.3) is 0 Å².